The molecule has 1 aliphatic carbocycles. The van der Waals surface area contributed by atoms with E-state index in [1.165, 1.54) is 4.90 Å². The van der Waals surface area contributed by atoms with Gasteiger partial charge in [0.25, 0.3) is 5.91 Å². The minimum atomic E-state index is -0.736. The molecular formula is C31H34ClNO6S. The molecule has 0 bridgehead atoms. The molecule has 9 heteroatoms. The van der Waals surface area contributed by atoms with Gasteiger partial charge < -0.3 is 14.2 Å². The van der Waals surface area contributed by atoms with Gasteiger partial charge >= 0.3 is 5.97 Å². The van der Waals surface area contributed by atoms with Crippen LogP contribution >= 0.6 is 22.9 Å². The number of esters is 1. The Kier molecular flexibility index (Phi) is 9.46. The van der Waals surface area contributed by atoms with Gasteiger partial charge in [-0.25, -0.2) is 4.79 Å². The van der Waals surface area contributed by atoms with Gasteiger partial charge in [-0.1, -0.05) is 29.8 Å². The van der Waals surface area contributed by atoms with Crippen LogP contribution in [0.1, 0.15) is 77.0 Å². The largest absolute Gasteiger partial charge is 0.456 e. The molecule has 0 radical (unpaired) electrons. The number of carbonyl (C=O) groups excluding carboxylic acids is 3. The van der Waals surface area contributed by atoms with Crippen LogP contribution in [0.3, 0.4) is 0 Å². The van der Waals surface area contributed by atoms with Gasteiger partial charge in [-0.2, -0.15) is 0 Å². The lowest BCUT2D eigenvalue weighted by Crippen LogP contribution is -2.37. The Hall–Kier alpha value is -3.04. The van der Waals surface area contributed by atoms with Gasteiger partial charge in [-0.05, 0) is 89.4 Å². The van der Waals surface area contributed by atoms with Gasteiger partial charge in [0.2, 0.25) is 0 Å². The van der Waals surface area contributed by atoms with Crippen molar-refractivity contribution < 1.29 is 28.6 Å². The SMILES string of the molecule is CCOC(OCC)C1CCc2c(C(=O)OC(C)(C)C)sc(N(C(=O)c3ccccc3)c3ccc(Cl)cc3)c2C1=O. The lowest BCUT2D eigenvalue weighted by Gasteiger charge is -2.30. The van der Waals surface area contributed by atoms with Crippen LogP contribution in [0.2, 0.25) is 5.02 Å². The van der Waals surface area contributed by atoms with Crippen LogP contribution in [-0.4, -0.2) is 42.8 Å². The first kappa shape index (κ1) is 29.9. The van der Waals surface area contributed by atoms with Crippen LogP contribution in [0.25, 0.3) is 0 Å². The fourth-order valence-electron chi connectivity index (χ4n) is 4.70. The highest BCUT2D eigenvalue weighted by atomic mass is 35.5. The maximum atomic E-state index is 14.2. The van der Waals surface area contributed by atoms with Crippen molar-refractivity contribution >= 4 is 51.3 Å². The zero-order chi connectivity index (χ0) is 29.0. The molecule has 3 aromatic rings. The second kappa shape index (κ2) is 12.6. The first-order valence-electron chi connectivity index (χ1n) is 13.4. The molecule has 1 heterocycles. The number of ketones is 1. The maximum Gasteiger partial charge on any atom is 0.349 e. The van der Waals surface area contributed by atoms with Crippen molar-refractivity contribution in [1.29, 1.82) is 0 Å². The number of halogens is 1. The summed E-state index contributed by atoms with van der Waals surface area (Å²) in [5, 5.41) is 0.861. The molecule has 1 atom stereocenters. The van der Waals surface area contributed by atoms with Crippen molar-refractivity contribution in [3.05, 3.63) is 81.2 Å². The monoisotopic (exact) mass is 583 g/mol. The van der Waals surface area contributed by atoms with Crippen LogP contribution in [0.4, 0.5) is 10.7 Å². The lowest BCUT2D eigenvalue weighted by molar-refractivity contribution is -0.158. The minimum Gasteiger partial charge on any atom is -0.456 e. The zero-order valence-corrected chi connectivity index (χ0v) is 24.9. The molecule has 0 spiro atoms. The molecule has 0 fully saturated rings. The van der Waals surface area contributed by atoms with Crippen LogP contribution < -0.4 is 4.90 Å². The van der Waals surface area contributed by atoms with E-state index in [-0.39, 0.29) is 11.7 Å². The summed E-state index contributed by atoms with van der Waals surface area (Å²) in [5.41, 5.74) is 1.12. The van der Waals surface area contributed by atoms with E-state index in [9.17, 15) is 14.4 Å². The van der Waals surface area contributed by atoms with E-state index in [1.54, 1.807) is 69.3 Å². The fourth-order valence-corrected chi connectivity index (χ4v) is 6.08. The number of rotatable bonds is 9. The number of nitrogens with zero attached hydrogens (tertiary/aromatic N) is 1. The summed E-state index contributed by atoms with van der Waals surface area (Å²) >= 11 is 7.27. The molecule has 0 aliphatic heterocycles. The van der Waals surface area contributed by atoms with E-state index in [0.717, 1.165) is 11.3 Å². The number of benzene rings is 2. The van der Waals surface area contributed by atoms with Gasteiger partial charge in [0.15, 0.2) is 12.1 Å². The van der Waals surface area contributed by atoms with Gasteiger partial charge in [0.1, 0.15) is 15.5 Å². The number of carbonyl (C=O) groups is 3. The van der Waals surface area contributed by atoms with E-state index in [2.05, 4.69) is 0 Å². The molecule has 4 rings (SSSR count). The van der Waals surface area contributed by atoms with E-state index in [4.69, 9.17) is 25.8 Å². The van der Waals surface area contributed by atoms with Gasteiger partial charge in [-0.3, -0.25) is 14.5 Å². The van der Waals surface area contributed by atoms with Crippen molar-refractivity contribution in [2.75, 3.05) is 18.1 Å². The molecule has 1 aliphatic rings. The Morgan fingerprint density at radius 1 is 1.02 bits per heavy atom. The molecule has 2 aromatic carbocycles. The highest BCUT2D eigenvalue weighted by molar-refractivity contribution is 7.19. The molecule has 1 amide bonds. The Bertz CT molecular complexity index is 1360. The van der Waals surface area contributed by atoms with Gasteiger partial charge in [-0.15, -0.1) is 11.3 Å². The number of amides is 1. The number of fused-ring (bicyclic) bond motifs is 1. The van der Waals surface area contributed by atoms with Crippen molar-refractivity contribution in [3.8, 4) is 0 Å². The van der Waals surface area contributed by atoms with Crippen molar-refractivity contribution in [3.63, 3.8) is 0 Å². The predicted octanol–water partition coefficient (Wildman–Crippen LogP) is 7.48. The fraction of sp³-hybridized carbons (Fsp3) is 0.387. The summed E-state index contributed by atoms with van der Waals surface area (Å²) < 4.78 is 17.4. The third-order valence-electron chi connectivity index (χ3n) is 6.36. The first-order valence-corrected chi connectivity index (χ1v) is 14.6. The summed E-state index contributed by atoms with van der Waals surface area (Å²) in [4.78, 5) is 43.5. The Morgan fingerprint density at radius 2 is 1.65 bits per heavy atom. The molecule has 212 valence electrons. The van der Waals surface area contributed by atoms with E-state index >= 15 is 0 Å². The number of hydrogen-bond acceptors (Lipinski definition) is 7. The van der Waals surface area contributed by atoms with Crippen molar-refractivity contribution in [2.24, 2.45) is 5.92 Å². The Balaban J connectivity index is 1.93. The first-order chi connectivity index (χ1) is 19.1. The zero-order valence-electron chi connectivity index (χ0n) is 23.4. The Labute approximate surface area is 244 Å². The number of Topliss-reactive ketones (excluding diaryl/α,β-unsaturated/α-hetero) is 1. The second-order valence-electron chi connectivity index (χ2n) is 10.4. The summed E-state index contributed by atoms with van der Waals surface area (Å²) in [5.74, 6) is -1.69. The highest BCUT2D eigenvalue weighted by Crippen LogP contribution is 2.46. The smallest absolute Gasteiger partial charge is 0.349 e. The van der Waals surface area contributed by atoms with Crippen LogP contribution in [0, 0.1) is 5.92 Å². The number of anilines is 2. The third-order valence-corrected chi connectivity index (χ3v) is 7.81. The van der Waals surface area contributed by atoms with Gasteiger partial charge in [0.05, 0.1) is 17.2 Å². The second-order valence-corrected chi connectivity index (χ2v) is 11.8. The predicted molar refractivity (Wildman–Crippen MR) is 157 cm³/mol. The average molecular weight is 584 g/mol. The molecule has 7 nitrogen and oxygen atoms in total. The number of ether oxygens (including phenoxy) is 3. The van der Waals surface area contributed by atoms with Gasteiger partial charge in [0, 0.05) is 23.8 Å². The summed E-state index contributed by atoms with van der Waals surface area (Å²) in [6, 6.07) is 15.6. The normalized spacial score (nSPS) is 15.2. The van der Waals surface area contributed by atoms with Crippen LogP contribution in [-0.2, 0) is 20.6 Å². The molecule has 0 N–H and O–H groups in total. The minimum absolute atomic E-state index is 0.228. The summed E-state index contributed by atoms with van der Waals surface area (Å²) in [7, 11) is 0. The molecule has 40 heavy (non-hydrogen) atoms. The molecule has 0 saturated carbocycles. The van der Waals surface area contributed by atoms with E-state index in [0.29, 0.717) is 63.3 Å². The molecule has 0 saturated heterocycles. The topological polar surface area (TPSA) is 82.1 Å². The van der Waals surface area contributed by atoms with E-state index in [1.807, 2.05) is 19.9 Å². The van der Waals surface area contributed by atoms with Crippen LogP contribution in [0.5, 0.6) is 0 Å². The standard InChI is InChI=1S/C31H34ClNO6S/c1-6-37-30(38-7-2)23-18-17-22-24(25(23)34)28(40-26(22)29(36)39-31(3,4)5)33(21-15-13-20(32)14-16-21)27(35)19-11-9-8-10-12-19/h8-16,23,30H,6-7,17-18H2,1-5H3. The third kappa shape index (κ3) is 6.47. The quantitative estimate of drug-likeness (QED) is 0.192. The Morgan fingerprint density at radius 3 is 2.23 bits per heavy atom. The van der Waals surface area contributed by atoms with Crippen molar-refractivity contribution in [2.45, 2.75) is 59.4 Å². The maximum absolute atomic E-state index is 14.2. The van der Waals surface area contributed by atoms with Crippen LogP contribution in [0.15, 0.2) is 54.6 Å². The number of hydrogen-bond donors (Lipinski definition) is 0. The molecule has 1 unspecified atom stereocenters. The average Bonchev–Trinajstić information content (AvgIpc) is 3.30. The summed E-state index contributed by atoms with van der Waals surface area (Å²) in [6.07, 6.45) is 0.138. The van der Waals surface area contributed by atoms with E-state index < -0.39 is 23.8 Å². The molecular weight excluding hydrogens is 550 g/mol. The molecule has 1 aromatic heterocycles. The lowest BCUT2D eigenvalue weighted by atomic mass is 9.82. The summed E-state index contributed by atoms with van der Waals surface area (Å²) in [6.45, 7) is 9.83. The number of thiophene rings is 1. The van der Waals surface area contributed by atoms with Crippen molar-refractivity contribution in [1.82, 2.24) is 0 Å². The highest BCUT2D eigenvalue weighted by Gasteiger charge is 2.42.